The molecule has 2 saturated carbocycles. The molecule has 0 aliphatic heterocycles. The first-order valence-corrected chi connectivity index (χ1v) is 7.72. The van der Waals surface area contributed by atoms with E-state index in [0.29, 0.717) is 24.4 Å². The summed E-state index contributed by atoms with van der Waals surface area (Å²) in [7, 11) is 0. The number of amides is 1. The van der Waals surface area contributed by atoms with E-state index >= 15 is 0 Å². The topological polar surface area (TPSA) is 55.1 Å². The van der Waals surface area contributed by atoms with Crippen LogP contribution in [0.4, 0.5) is 0 Å². The van der Waals surface area contributed by atoms with E-state index in [9.17, 15) is 4.79 Å². The molecule has 0 saturated heterocycles. The van der Waals surface area contributed by atoms with E-state index in [0.717, 1.165) is 12.8 Å². The largest absolute Gasteiger partial charge is 0.353 e. The fraction of sp³-hybridized carbons (Fsp3) is 0.933. The lowest BCUT2D eigenvalue weighted by Crippen LogP contribution is -2.44. The maximum atomic E-state index is 12.4. The molecule has 3 heteroatoms. The predicted molar refractivity (Wildman–Crippen MR) is 74.1 cm³/mol. The Balaban J connectivity index is 1.85. The summed E-state index contributed by atoms with van der Waals surface area (Å²) in [6.07, 6.45) is 9.83. The van der Waals surface area contributed by atoms with Crippen LogP contribution in [0.25, 0.3) is 0 Å². The fourth-order valence-electron chi connectivity index (χ4n) is 3.74. The smallest absolute Gasteiger partial charge is 0.223 e. The first-order valence-electron chi connectivity index (χ1n) is 7.72. The minimum Gasteiger partial charge on any atom is -0.353 e. The second kappa shape index (κ2) is 6.55. The minimum atomic E-state index is 0.174. The number of nitrogens with one attached hydrogen (secondary N) is 1. The van der Waals surface area contributed by atoms with Gasteiger partial charge in [-0.25, -0.2) is 0 Å². The van der Waals surface area contributed by atoms with Crippen LogP contribution in [0.1, 0.15) is 58.3 Å². The third kappa shape index (κ3) is 3.25. The summed E-state index contributed by atoms with van der Waals surface area (Å²) in [5, 5.41) is 3.26. The first-order chi connectivity index (χ1) is 8.72. The van der Waals surface area contributed by atoms with E-state index in [-0.39, 0.29) is 11.8 Å². The molecule has 0 heterocycles. The zero-order valence-electron chi connectivity index (χ0n) is 11.7. The van der Waals surface area contributed by atoms with Crippen LogP contribution in [0.2, 0.25) is 0 Å². The van der Waals surface area contributed by atoms with E-state index in [4.69, 9.17) is 5.73 Å². The summed E-state index contributed by atoms with van der Waals surface area (Å²) in [6.45, 7) is 2.84. The maximum Gasteiger partial charge on any atom is 0.223 e. The normalized spacial score (nSPS) is 31.2. The number of carbonyl (C=O) groups is 1. The van der Waals surface area contributed by atoms with Crippen molar-refractivity contribution in [3.8, 4) is 0 Å². The molecular formula is C15H28N2O. The summed E-state index contributed by atoms with van der Waals surface area (Å²) in [4.78, 5) is 12.4. The Labute approximate surface area is 111 Å². The average molecular weight is 252 g/mol. The van der Waals surface area contributed by atoms with E-state index < -0.39 is 0 Å². The third-order valence-corrected chi connectivity index (χ3v) is 5.03. The highest BCUT2D eigenvalue weighted by Crippen LogP contribution is 2.31. The molecule has 2 aliphatic rings. The molecule has 2 rings (SSSR count). The number of hydrogen-bond acceptors (Lipinski definition) is 2. The molecule has 0 aromatic carbocycles. The van der Waals surface area contributed by atoms with Gasteiger partial charge in [0.1, 0.15) is 0 Å². The zero-order chi connectivity index (χ0) is 13.0. The molecule has 0 spiro atoms. The number of nitrogens with two attached hydrogens (primary N) is 1. The van der Waals surface area contributed by atoms with Crippen molar-refractivity contribution in [3.63, 3.8) is 0 Å². The molecule has 0 aromatic heterocycles. The summed E-state index contributed by atoms with van der Waals surface area (Å²) < 4.78 is 0. The second-order valence-corrected chi connectivity index (χ2v) is 6.23. The lowest BCUT2D eigenvalue weighted by Gasteiger charge is -2.31. The fourth-order valence-corrected chi connectivity index (χ4v) is 3.74. The van der Waals surface area contributed by atoms with Gasteiger partial charge in [0.25, 0.3) is 0 Å². The van der Waals surface area contributed by atoms with Crippen molar-refractivity contribution in [1.82, 2.24) is 5.32 Å². The highest BCUT2D eigenvalue weighted by Gasteiger charge is 2.32. The molecule has 0 aromatic rings. The molecule has 3 atom stereocenters. The van der Waals surface area contributed by atoms with Crippen molar-refractivity contribution in [3.05, 3.63) is 0 Å². The Morgan fingerprint density at radius 2 is 1.78 bits per heavy atom. The molecule has 3 nitrogen and oxygen atoms in total. The Bertz CT molecular complexity index is 274. The lowest BCUT2D eigenvalue weighted by atomic mass is 9.78. The van der Waals surface area contributed by atoms with Crippen molar-refractivity contribution in [2.75, 3.05) is 6.54 Å². The summed E-state index contributed by atoms with van der Waals surface area (Å²) >= 11 is 0. The quantitative estimate of drug-likeness (QED) is 0.807. The minimum absolute atomic E-state index is 0.174. The number of hydrogen-bond donors (Lipinski definition) is 2. The molecule has 3 N–H and O–H groups in total. The van der Waals surface area contributed by atoms with Crippen molar-refractivity contribution in [2.45, 2.75) is 64.3 Å². The molecule has 1 amide bonds. The lowest BCUT2D eigenvalue weighted by molar-refractivity contribution is -0.128. The summed E-state index contributed by atoms with van der Waals surface area (Å²) in [5.74, 6) is 1.56. The Morgan fingerprint density at radius 3 is 2.44 bits per heavy atom. The van der Waals surface area contributed by atoms with Gasteiger partial charge in [0.05, 0.1) is 0 Å². The third-order valence-electron chi connectivity index (χ3n) is 5.03. The Morgan fingerprint density at radius 1 is 1.17 bits per heavy atom. The van der Waals surface area contributed by atoms with Crippen LogP contribution in [-0.4, -0.2) is 18.5 Å². The molecule has 0 bridgehead atoms. The van der Waals surface area contributed by atoms with Crippen LogP contribution in [-0.2, 0) is 4.79 Å². The SMILES string of the molecule is CC(NC(=O)C1CCCCC1CN)C1CCCC1. The van der Waals surface area contributed by atoms with Crippen LogP contribution < -0.4 is 11.1 Å². The predicted octanol–water partition coefficient (Wildman–Crippen LogP) is 2.45. The van der Waals surface area contributed by atoms with E-state index in [1.807, 2.05) is 0 Å². The van der Waals surface area contributed by atoms with Crippen molar-refractivity contribution in [2.24, 2.45) is 23.5 Å². The number of carbonyl (C=O) groups excluding carboxylic acids is 1. The Hall–Kier alpha value is -0.570. The average Bonchev–Trinajstić information content (AvgIpc) is 2.92. The van der Waals surface area contributed by atoms with E-state index in [1.165, 1.54) is 38.5 Å². The van der Waals surface area contributed by atoms with Crippen molar-refractivity contribution >= 4 is 5.91 Å². The van der Waals surface area contributed by atoms with Gasteiger partial charge in [0, 0.05) is 12.0 Å². The Kier molecular flexibility index (Phi) is 5.04. The van der Waals surface area contributed by atoms with Gasteiger partial charge in [-0.3, -0.25) is 4.79 Å². The van der Waals surface area contributed by atoms with Gasteiger partial charge in [-0.05, 0) is 51.0 Å². The molecule has 104 valence electrons. The number of rotatable bonds is 4. The van der Waals surface area contributed by atoms with Gasteiger partial charge in [0.2, 0.25) is 5.91 Å². The van der Waals surface area contributed by atoms with Crippen LogP contribution in [0, 0.1) is 17.8 Å². The van der Waals surface area contributed by atoms with Gasteiger partial charge in [0.15, 0.2) is 0 Å². The maximum absolute atomic E-state index is 12.4. The van der Waals surface area contributed by atoms with E-state index in [1.54, 1.807) is 0 Å². The van der Waals surface area contributed by atoms with E-state index in [2.05, 4.69) is 12.2 Å². The molecular weight excluding hydrogens is 224 g/mol. The van der Waals surface area contributed by atoms with Crippen LogP contribution in [0.15, 0.2) is 0 Å². The van der Waals surface area contributed by atoms with Gasteiger partial charge in [-0.15, -0.1) is 0 Å². The summed E-state index contributed by atoms with van der Waals surface area (Å²) in [5.41, 5.74) is 5.80. The molecule has 2 fully saturated rings. The van der Waals surface area contributed by atoms with Crippen LogP contribution in [0.5, 0.6) is 0 Å². The molecule has 18 heavy (non-hydrogen) atoms. The van der Waals surface area contributed by atoms with Crippen molar-refractivity contribution < 1.29 is 4.79 Å². The molecule has 2 aliphatic carbocycles. The second-order valence-electron chi connectivity index (χ2n) is 6.23. The highest BCUT2D eigenvalue weighted by atomic mass is 16.2. The molecule has 0 radical (unpaired) electrons. The van der Waals surface area contributed by atoms with Gasteiger partial charge in [-0.2, -0.15) is 0 Å². The van der Waals surface area contributed by atoms with Crippen molar-refractivity contribution in [1.29, 1.82) is 0 Å². The monoisotopic (exact) mass is 252 g/mol. The summed E-state index contributed by atoms with van der Waals surface area (Å²) in [6, 6.07) is 0.348. The highest BCUT2D eigenvalue weighted by molar-refractivity contribution is 5.79. The van der Waals surface area contributed by atoms with Crippen LogP contribution >= 0.6 is 0 Å². The van der Waals surface area contributed by atoms with Gasteiger partial charge in [-0.1, -0.05) is 25.7 Å². The standard InChI is InChI=1S/C15H28N2O/c1-11(12-6-2-3-7-12)17-15(18)14-9-5-4-8-13(14)10-16/h11-14H,2-10,16H2,1H3,(H,17,18). The first kappa shape index (κ1) is 13.9. The zero-order valence-corrected chi connectivity index (χ0v) is 11.7. The van der Waals surface area contributed by atoms with Gasteiger partial charge >= 0.3 is 0 Å². The molecule has 3 unspecified atom stereocenters. The van der Waals surface area contributed by atoms with Gasteiger partial charge < -0.3 is 11.1 Å². The van der Waals surface area contributed by atoms with Crippen LogP contribution in [0.3, 0.4) is 0 Å².